The Morgan fingerprint density at radius 1 is 1.35 bits per heavy atom. The molecule has 4 nitrogen and oxygen atoms in total. The summed E-state index contributed by atoms with van der Waals surface area (Å²) in [6.45, 7) is 4.73. The van der Waals surface area contributed by atoms with Crippen molar-refractivity contribution in [1.29, 1.82) is 0 Å². The van der Waals surface area contributed by atoms with Crippen molar-refractivity contribution in [1.82, 2.24) is 4.90 Å². The van der Waals surface area contributed by atoms with Gasteiger partial charge in [0.1, 0.15) is 0 Å². The quantitative estimate of drug-likeness (QED) is 0.812. The first-order valence-corrected chi connectivity index (χ1v) is 7.29. The highest BCUT2D eigenvalue weighted by atomic mass is 16.5. The molecule has 1 fully saturated rings. The second-order valence-electron chi connectivity index (χ2n) is 5.43. The maximum absolute atomic E-state index is 10.5. The van der Waals surface area contributed by atoms with E-state index < -0.39 is 5.97 Å². The highest BCUT2D eigenvalue weighted by Crippen LogP contribution is 2.24. The van der Waals surface area contributed by atoms with Gasteiger partial charge in [-0.3, -0.25) is 9.69 Å². The SMILES string of the molecule is CC1COC(c2ccccc2)CN1CCCCC(=O)O. The van der Waals surface area contributed by atoms with E-state index in [1.807, 2.05) is 18.2 Å². The third kappa shape index (κ3) is 4.32. The van der Waals surface area contributed by atoms with Crippen LogP contribution in [0.4, 0.5) is 0 Å². The highest BCUT2D eigenvalue weighted by molar-refractivity contribution is 5.66. The number of carboxylic acid groups (broad SMARTS) is 1. The van der Waals surface area contributed by atoms with Crippen LogP contribution in [0.3, 0.4) is 0 Å². The second-order valence-corrected chi connectivity index (χ2v) is 5.43. The zero-order chi connectivity index (χ0) is 14.4. The van der Waals surface area contributed by atoms with Crippen LogP contribution in [-0.2, 0) is 9.53 Å². The van der Waals surface area contributed by atoms with Gasteiger partial charge in [-0.1, -0.05) is 30.3 Å². The molecular formula is C16H23NO3. The van der Waals surface area contributed by atoms with Crippen molar-refractivity contribution < 1.29 is 14.6 Å². The predicted molar refractivity (Wildman–Crippen MR) is 77.7 cm³/mol. The lowest BCUT2D eigenvalue weighted by molar-refractivity contribution is -0.137. The van der Waals surface area contributed by atoms with Crippen LogP contribution in [0.5, 0.6) is 0 Å². The van der Waals surface area contributed by atoms with E-state index >= 15 is 0 Å². The molecular weight excluding hydrogens is 254 g/mol. The molecule has 4 heteroatoms. The fourth-order valence-electron chi connectivity index (χ4n) is 2.58. The monoisotopic (exact) mass is 277 g/mol. The number of carbonyl (C=O) groups is 1. The molecule has 0 saturated carbocycles. The Balaban J connectivity index is 1.84. The molecule has 0 radical (unpaired) electrons. The summed E-state index contributed by atoms with van der Waals surface area (Å²) in [7, 11) is 0. The Morgan fingerprint density at radius 3 is 2.80 bits per heavy atom. The van der Waals surface area contributed by atoms with Crippen molar-refractivity contribution in [2.45, 2.75) is 38.3 Å². The fourth-order valence-corrected chi connectivity index (χ4v) is 2.58. The normalized spacial score (nSPS) is 23.6. The number of aliphatic carboxylic acids is 1. The van der Waals surface area contributed by atoms with Gasteiger partial charge in [0.05, 0.1) is 12.7 Å². The first-order chi connectivity index (χ1) is 9.66. The summed E-state index contributed by atoms with van der Waals surface area (Å²) in [6.07, 6.45) is 2.07. The molecule has 1 aromatic carbocycles. The Morgan fingerprint density at radius 2 is 2.10 bits per heavy atom. The summed E-state index contributed by atoms with van der Waals surface area (Å²) in [5.41, 5.74) is 1.22. The maximum Gasteiger partial charge on any atom is 0.303 e. The summed E-state index contributed by atoms with van der Waals surface area (Å²) < 4.78 is 5.92. The first-order valence-electron chi connectivity index (χ1n) is 7.29. The van der Waals surface area contributed by atoms with Crippen LogP contribution in [0.15, 0.2) is 30.3 Å². The van der Waals surface area contributed by atoms with E-state index in [1.54, 1.807) is 0 Å². The van der Waals surface area contributed by atoms with Crippen LogP contribution < -0.4 is 0 Å². The van der Waals surface area contributed by atoms with E-state index in [0.29, 0.717) is 6.04 Å². The average Bonchev–Trinajstić information content (AvgIpc) is 2.46. The summed E-state index contributed by atoms with van der Waals surface area (Å²) in [5.74, 6) is -0.706. The lowest BCUT2D eigenvalue weighted by atomic mass is 10.1. The number of rotatable bonds is 6. The molecule has 0 aliphatic carbocycles. The standard InChI is InChI=1S/C16H23NO3/c1-13-12-20-15(14-7-3-2-4-8-14)11-17(13)10-6-5-9-16(18)19/h2-4,7-8,13,15H,5-6,9-12H2,1H3,(H,18,19). The van der Waals surface area contributed by atoms with Crippen LogP contribution in [0.2, 0.25) is 0 Å². The Bertz CT molecular complexity index is 421. The number of ether oxygens (including phenoxy) is 1. The Kier molecular flexibility index (Phi) is 5.56. The van der Waals surface area contributed by atoms with Gasteiger partial charge in [0.15, 0.2) is 0 Å². The molecule has 1 aliphatic rings. The number of benzene rings is 1. The van der Waals surface area contributed by atoms with Crippen molar-refractivity contribution in [2.24, 2.45) is 0 Å². The number of carboxylic acids is 1. The molecule has 1 aliphatic heterocycles. The smallest absolute Gasteiger partial charge is 0.303 e. The molecule has 0 amide bonds. The number of unbranched alkanes of at least 4 members (excludes halogenated alkanes) is 1. The third-order valence-electron chi connectivity index (χ3n) is 3.82. The van der Waals surface area contributed by atoms with Gasteiger partial charge >= 0.3 is 5.97 Å². The van der Waals surface area contributed by atoms with Crippen molar-refractivity contribution in [3.05, 3.63) is 35.9 Å². The van der Waals surface area contributed by atoms with Gasteiger partial charge in [0.25, 0.3) is 0 Å². The molecule has 110 valence electrons. The van der Waals surface area contributed by atoms with Gasteiger partial charge in [-0.25, -0.2) is 0 Å². The molecule has 20 heavy (non-hydrogen) atoms. The number of hydrogen-bond donors (Lipinski definition) is 1. The highest BCUT2D eigenvalue weighted by Gasteiger charge is 2.26. The Hall–Kier alpha value is -1.39. The average molecular weight is 277 g/mol. The topological polar surface area (TPSA) is 49.8 Å². The van der Waals surface area contributed by atoms with Gasteiger partial charge in [0.2, 0.25) is 0 Å². The summed E-state index contributed by atoms with van der Waals surface area (Å²) in [4.78, 5) is 12.9. The molecule has 2 atom stereocenters. The van der Waals surface area contributed by atoms with E-state index in [9.17, 15) is 4.79 Å². The van der Waals surface area contributed by atoms with E-state index in [2.05, 4.69) is 24.0 Å². The summed E-state index contributed by atoms with van der Waals surface area (Å²) in [5, 5.41) is 8.66. The molecule has 0 bridgehead atoms. The van der Waals surface area contributed by atoms with Crippen molar-refractivity contribution in [2.75, 3.05) is 19.7 Å². The summed E-state index contributed by atoms with van der Waals surface area (Å²) in [6, 6.07) is 10.7. The largest absolute Gasteiger partial charge is 0.481 e. The molecule has 1 N–H and O–H groups in total. The van der Waals surface area contributed by atoms with E-state index in [4.69, 9.17) is 9.84 Å². The van der Waals surface area contributed by atoms with Crippen molar-refractivity contribution in [3.63, 3.8) is 0 Å². The zero-order valence-electron chi connectivity index (χ0n) is 12.0. The zero-order valence-corrected chi connectivity index (χ0v) is 12.0. The van der Waals surface area contributed by atoms with Crippen LogP contribution in [-0.4, -0.2) is 41.7 Å². The maximum atomic E-state index is 10.5. The van der Waals surface area contributed by atoms with Crippen molar-refractivity contribution >= 4 is 5.97 Å². The number of morpholine rings is 1. The van der Waals surface area contributed by atoms with Gasteiger partial charge in [-0.2, -0.15) is 0 Å². The molecule has 1 saturated heterocycles. The van der Waals surface area contributed by atoms with Gasteiger partial charge in [0, 0.05) is 19.0 Å². The van der Waals surface area contributed by atoms with Crippen LogP contribution in [0, 0.1) is 0 Å². The summed E-state index contributed by atoms with van der Waals surface area (Å²) >= 11 is 0. The van der Waals surface area contributed by atoms with Crippen LogP contribution >= 0.6 is 0 Å². The van der Waals surface area contributed by atoms with Gasteiger partial charge in [-0.05, 0) is 31.9 Å². The number of nitrogens with zero attached hydrogens (tertiary/aromatic N) is 1. The molecule has 2 unspecified atom stereocenters. The van der Waals surface area contributed by atoms with Crippen molar-refractivity contribution in [3.8, 4) is 0 Å². The predicted octanol–water partition coefficient (Wildman–Crippen LogP) is 2.70. The first kappa shape index (κ1) is 15.0. The minimum Gasteiger partial charge on any atom is -0.481 e. The molecule has 1 heterocycles. The molecule has 0 spiro atoms. The lowest BCUT2D eigenvalue weighted by Crippen LogP contribution is -2.45. The van der Waals surface area contributed by atoms with E-state index in [-0.39, 0.29) is 12.5 Å². The molecule has 2 rings (SSSR count). The van der Waals surface area contributed by atoms with Gasteiger partial charge < -0.3 is 9.84 Å². The Labute approximate surface area is 120 Å². The minimum atomic E-state index is -0.706. The van der Waals surface area contributed by atoms with E-state index in [0.717, 1.165) is 32.5 Å². The lowest BCUT2D eigenvalue weighted by Gasteiger charge is -2.38. The van der Waals surface area contributed by atoms with Gasteiger partial charge in [-0.15, -0.1) is 0 Å². The van der Waals surface area contributed by atoms with Crippen LogP contribution in [0.1, 0.15) is 37.9 Å². The fraction of sp³-hybridized carbons (Fsp3) is 0.562. The van der Waals surface area contributed by atoms with E-state index in [1.165, 1.54) is 5.56 Å². The van der Waals surface area contributed by atoms with Crippen LogP contribution in [0.25, 0.3) is 0 Å². The second kappa shape index (κ2) is 7.41. The molecule has 1 aromatic rings. The molecule has 0 aromatic heterocycles. The number of hydrogen-bond acceptors (Lipinski definition) is 3. The third-order valence-corrected chi connectivity index (χ3v) is 3.82. The minimum absolute atomic E-state index is 0.131.